The molecule has 0 saturated carbocycles. The molecule has 154 valence electrons. The van der Waals surface area contributed by atoms with E-state index in [0.29, 0.717) is 12.0 Å². The van der Waals surface area contributed by atoms with Gasteiger partial charge in [0.25, 0.3) is 0 Å². The van der Waals surface area contributed by atoms with E-state index in [1.54, 1.807) is 0 Å². The van der Waals surface area contributed by atoms with Gasteiger partial charge in [-0.3, -0.25) is 0 Å². The molecule has 2 N–H and O–H groups in total. The van der Waals surface area contributed by atoms with Gasteiger partial charge >= 0.3 is 0 Å². The van der Waals surface area contributed by atoms with Crippen molar-refractivity contribution < 1.29 is 10.2 Å². The Morgan fingerprint density at radius 2 is 1.19 bits per heavy atom. The Morgan fingerprint density at radius 1 is 0.769 bits per heavy atom. The molecule has 0 aromatic rings. The maximum atomic E-state index is 10.1. The molecular formula is C24H46O2. The van der Waals surface area contributed by atoms with Gasteiger partial charge in [0.15, 0.2) is 0 Å². The van der Waals surface area contributed by atoms with Crippen molar-refractivity contribution >= 4 is 0 Å². The average molecular weight is 367 g/mol. The van der Waals surface area contributed by atoms with Crippen molar-refractivity contribution in [1.82, 2.24) is 0 Å². The van der Waals surface area contributed by atoms with E-state index in [0.717, 1.165) is 19.3 Å². The average Bonchev–Trinajstić information content (AvgIpc) is 2.61. The SMILES string of the molecule is CC1=C(CCCCCCCCCCCCCCCO)C(C)(C)CCC1O. The van der Waals surface area contributed by atoms with Gasteiger partial charge in [-0.05, 0) is 50.0 Å². The fourth-order valence-corrected chi connectivity index (χ4v) is 4.49. The molecule has 1 aliphatic rings. The highest BCUT2D eigenvalue weighted by Crippen LogP contribution is 2.42. The minimum Gasteiger partial charge on any atom is -0.396 e. The lowest BCUT2D eigenvalue weighted by Gasteiger charge is -2.37. The third-order valence-corrected chi connectivity index (χ3v) is 6.42. The molecule has 0 spiro atoms. The van der Waals surface area contributed by atoms with Gasteiger partial charge in [0, 0.05) is 6.61 Å². The number of aliphatic hydroxyl groups is 2. The van der Waals surface area contributed by atoms with Crippen LogP contribution >= 0.6 is 0 Å². The molecule has 0 fully saturated rings. The van der Waals surface area contributed by atoms with E-state index in [2.05, 4.69) is 20.8 Å². The summed E-state index contributed by atoms with van der Waals surface area (Å²) in [5.74, 6) is 0. The number of hydrogen-bond donors (Lipinski definition) is 2. The highest BCUT2D eigenvalue weighted by molar-refractivity contribution is 5.25. The fourth-order valence-electron chi connectivity index (χ4n) is 4.49. The summed E-state index contributed by atoms with van der Waals surface area (Å²) in [6, 6.07) is 0. The summed E-state index contributed by atoms with van der Waals surface area (Å²) >= 11 is 0. The first kappa shape index (κ1) is 23.7. The topological polar surface area (TPSA) is 40.5 Å². The standard InChI is InChI=1S/C24H46O2/c1-21-22(24(2,3)19-18-23(21)26)17-15-13-11-9-7-5-4-6-8-10-12-14-16-20-25/h23,25-26H,4-20H2,1-3H3. The van der Waals surface area contributed by atoms with E-state index in [1.165, 1.54) is 94.6 Å². The van der Waals surface area contributed by atoms with Gasteiger partial charge in [-0.15, -0.1) is 0 Å². The lowest BCUT2D eigenvalue weighted by atomic mass is 9.70. The van der Waals surface area contributed by atoms with Gasteiger partial charge in [-0.2, -0.15) is 0 Å². The van der Waals surface area contributed by atoms with Crippen LogP contribution in [0.15, 0.2) is 11.1 Å². The van der Waals surface area contributed by atoms with Gasteiger partial charge in [-0.25, -0.2) is 0 Å². The van der Waals surface area contributed by atoms with Crippen LogP contribution in [0, 0.1) is 5.41 Å². The maximum absolute atomic E-state index is 10.1. The second-order valence-corrected chi connectivity index (χ2v) is 9.17. The first-order valence-electron chi connectivity index (χ1n) is 11.5. The van der Waals surface area contributed by atoms with E-state index in [9.17, 15) is 5.11 Å². The number of allylic oxidation sites excluding steroid dienone is 1. The Bertz CT molecular complexity index is 384. The van der Waals surface area contributed by atoms with Crippen LogP contribution in [0.25, 0.3) is 0 Å². The van der Waals surface area contributed by atoms with Crippen molar-refractivity contribution in [3.05, 3.63) is 11.1 Å². The Morgan fingerprint density at radius 3 is 1.65 bits per heavy atom. The zero-order chi connectivity index (χ0) is 19.3. The highest BCUT2D eigenvalue weighted by atomic mass is 16.3. The summed E-state index contributed by atoms with van der Waals surface area (Å²) in [7, 11) is 0. The maximum Gasteiger partial charge on any atom is 0.0750 e. The molecule has 1 unspecified atom stereocenters. The zero-order valence-electron chi connectivity index (χ0n) is 18.0. The zero-order valence-corrected chi connectivity index (χ0v) is 18.0. The number of rotatable bonds is 15. The molecule has 0 heterocycles. The fraction of sp³-hybridized carbons (Fsp3) is 0.917. The van der Waals surface area contributed by atoms with Crippen LogP contribution in [0.3, 0.4) is 0 Å². The largest absolute Gasteiger partial charge is 0.396 e. The predicted octanol–water partition coefficient (Wildman–Crippen LogP) is 6.94. The second-order valence-electron chi connectivity index (χ2n) is 9.17. The van der Waals surface area contributed by atoms with Crippen LogP contribution in [0.2, 0.25) is 0 Å². The lowest BCUT2D eigenvalue weighted by Crippen LogP contribution is -2.28. The van der Waals surface area contributed by atoms with Gasteiger partial charge in [0.05, 0.1) is 6.10 Å². The predicted molar refractivity (Wildman–Crippen MR) is 113 cm³/mol. The molecule has 0 amide bonds. The molecule has 2 heteroatoms. The summed E-state index contributed by atoms with van der Waals surface area (Å²) in [5, 5.41) is 18.9. The minimum atomic E-state index is -0.187. The third-order valence-electron chi connectivity index (χ3n) is 6.42. The first-order chi connectivity index (χ1) is 12.5. The van der Waals surface area contributed by atoms with Crippen molar-refractivity contribution in [3.8, 4) is 0 Å². The van der Waals surface area contributed by atoms with Crippen LogP contribution in [-0.4, -0.2) is 22.9 Å². The molecule has 1 atom stereocenters. The molecule has 0 aromatic carbocycles. The van der Waals surface area contributed by atoms with E-state index >= 15 is 0 Å². The number of hydrogen-bond acceptors (Lipinski definition) is 2. The molecule has 0 saturated heterocycles. The Hall–Kier alpha value is -0.340. The monoisotopic (exact) mass is 366 g/mol. The molecule has 0 radical (unpaired) electrons. The van der Waals surface area contributed by atoms with Crippen LogP contribution in [0.1, 0.15) is 124 Å². The van der Waals surface area contributed by atoms with Crippen LogP contribution in [0.4, 0.5) is 0 Å². The van der Waals surface area contributed by atoms with Gasteiger partial charge < -0.3 is 10.2 Å². The molecule has 1 rings (SSSR count). The summed E-state index contributed by atoms with van der Waals surface area (Å²) in [6.07, 6.45) is 20.2. The molecular weight excluding hydrogens is 320 g/mol. The summed E-state index contributed by atoms with van der Waals surface area (Å²) < 4.78 is 0. The smallest absolute Gasteiger partial charge is 0.0750 e. The van der Waals surface area contributed by atoms with Crippen molar-refractivity contribution in [1.29, 1.82) is 0 Å². The van der Waals surface area contributed by atoms with Crippen LogP contribution in [0.5, 0.6) is 0 Å². The van der Waals surface area contributed by atoms with Crippen molar-refractivity contribution in [3.63, 3.8) is 0 Å². The third kappa shape index (κ3) is 9.55. The first-order valence-corrected chi connectivity index (χ1v) is 11.5. The van der Waals surface area contributed by atoms with E-state index in [1.807, 2.05) is 0 Å². The number of unbranched alkanes of at least 4 members (excludes halogenated alkanes) is 12. The number of aliphatic hydroxyl groups excluding tert-OH is 2. The highest BCUT2D eigenvalue weighted by Gasteiger charge is 2.31. The molecule has 2 nitrogen and oxygen atoms in total. The van der Waals surface area contributed by atoms with Crippen LogP contribution < -0.4 is 0 Å². The molecule has 0 bridgehead atoms. The van der Waals surface area contributed by atoms with E-state index in [-0.39, 0.29) is 6.10 Å². The summed E-state index contributed by atoms with van der Waals surface area (Å²) in [6.45, 7) is 7.21. The molecule has 1 aliphatic carbocycles. The van der Waals surface area contributed by atoms with Crippen molar-refractivity contribution in [2.45, 2.75) is 130 Å². The van der Waals surface area contributed by atoms with Crippen LogP contribution in [-0.2, 0) is 0 Å². The summed E-state index contributed by atoms with van der Waals surface area (Å²) in [5.41, 5.74) is 3.09. The summed E-state index contributed by atoms with van der Waals surface area (Å²) in [4.78, 5) is 0. The Labute approximate surface area is 163 Å². The van der Waals surface area contributed by atoms with E-state index < -0.39 is 0 Å². The van der Waals surface area contributed by atoms with Gasteiger partial charge in [0.1, 0.15) is 0 Å². The lowest BCUT2D eigenvalue weighted by molar-refractivity contribution is 0.158. The molecule has 0 aromatic heterocycles. The normalized spacial score (nSPS) is 20.0. The molecule has 26 heavy (non-hydrogen) atoms. The van der Waals surface area contributed by atoms with Crippen molar-refractivity contribution in [2.75, 3.05) is 6.61 Å². The van der Waals surface area contributed by atoms with Gasteiger partial charge in [-0.1, -0.05) is 90.0 Å². The Kier molecular flexibility index (Phi) is 12.6. The van der Waals surface area contributed by atoms with Gasteiger partial charge in [0.2, 0.25) is 0 Å². The van der Waals surface area contributed by atoms with E-state index in [4.69, 9.17) is 5.11 Å². The molecule has 0 aliphatic heterocycles. The minimum absolute atomic E-state index is 0.187. The second kappa shape index (κ2) is 13.8. The van der Waals surface area contributed by atoms with Crippen molar-refractivity contribution in [2.24, 2.45) is 5.41 Å². The Balaban J connectivity index is 1.96. The quantitative estimate of drug-likeness (QED) is 0.243.